The van der Waals surface area contributed by atoms with Crippen LogP contribution < -0.4 is 5.32 Å². The molecule has 0 bridgehead atoms. The molecule has 1 aromatic rings. The Morgan fingerprint density at radius 3 is 3.00 bits per heavy atom. The molecule has 2 heteroatoms. The minimum Gasteiger partial charge on any atom is -0.395 e. The van der Waals surface area contributed by atoms with Crippen LogP contribution in [0.4, 0.5) is 0 Å². The zero-order valence-corrected chi connectivity index (χ0v) is 8.59. The summed E-state index contributed by atoms with van der Waals surface area (Å²) < 4.78 is 0. The fourth-order valence-electron chi connectivity index (χ4n) is 1.98. The summed E-state index contributed by atoms with van der Waals surface area (Å²) in [6.07, 6.45) is 2.05. The van der Waals surface area contributed by atoms with E-state index in [2.05, 4.69) is 30.4 Å². The first-order valence-corrected chi connectivity index (χ1v) is 5.28. The molecule has 0 spiro atoms. The van der Waals surface area contributed by atoms with Gasteiger partial charge in [-0.1, -0.05) is 25.1 Å². The highest BCUT2D eigenvalue weighted by atomic mass is 16.3. The molecular formula is C12H17NO. The first-order valence-electron chi connectivity index (χ1n) is 5.28. The average molecular weight is 191 g/mol. The number of benzene rings is 1. The van der Waals surface area contributed by atoms with E-state index < -0.39 is 0 Å². The van der Waals surface area contributed by atoms with Crippen molar-refractivity contribution in [2.75, 3.05) is 6.61 Å². The summed E-state index contributed by atoms with van der Waals surface area (Å²) in [5.41, 5.74) is 4.18. The highest BCUT2D eigenvalue weighted by Crippen LogP contribution is 2.18. The zero-order valence-electron chi connectivity index (χ0n) is 8.59. The number of fused-ring (bicyclic) bond motifs is 1. The van der Waals surface area contributed by atoms with Crippen LogP contribution in [0.3, 0.4) is 0 Å². The van der Waals surface area contributed by atoms with Crippen LogP contribution in [0.1, 0.15) is 23.6 Å². The second-order valence-electron chi connectivity index (χ2n) is 3.92. The molecule has 0 aromatic heterocycles. The first kappa shape index (κ1) is 9.69. The van der Waals surface area contributed by atoms with E-state index in [4.69, 9.17) is 5.11 Å². The van der Waals surface area contributed by atoms with Crippen molar-refractivity contribution in [3.05, 3.63) is 34.9 Å². The molecule has 2 N–H and O–H groups in total. The maximum atomic E-state index is 9.05. The van der Waals surface area contributed by atoms with E-state index in [1.54, 1.807) is 0 Å². The summed E-state index contributed by atoms with van der Waals surface area (Å²) in [4.78, 5) is 0. The summed E-state index contributed by atoms with van der Waals surface area (Å²) in [7, 11) is 0. The normalized spacial score (nSPS) is 20.6. The summed E-state index contributed by atoms with van der Waals surface area (Å²) in [6.45, 7) is 3.30. The van der Waals surface area contributed by atoms with Crippen LogP contribution in [0.15, 0.2) is 18.2 Å². The van der Waals surface area contributed by atoms with E-state index in [0.717, 1.165) is 19.4 Å². The van der Waals surface area contributed by atoms with Gasteiger partial charge in [0.15, 0.2) is 0 Å². The van der Waals surface area contributed by atoms with E-state index >= 15 is 0 Å². The maximum Gasteiger partial charge on any atom is 0.0587 e. The largest absolute Gasteiger partial charge is 0.395 e. The summed E-state index contributed by atoms with van der Waals surface area (Å²) in [5, 5.41) is 12.4. The third-order valence-electron chi connectivity index (χ3n) is 2.95. The van der Waals surface area contributed by atoms with Gasteiger partial charge >= 0.3 is 0 Å². The van der Waals surface area contributed by atoms with Gasteiger partial charge in [-0.2, -0.15) is 0 Å². The second-order valence-corrected chi connectivity index (χ2v) is 3.92. The lowest BCUT2D eigenvalue weighted by molar-refractivity contribution is 0.236. The van der Waals surface area contributed by atoms with E-state index in [-0.39, 0.29) is 12.6 Å². The number of rotatable bonds is 2. The van der Waals surface area contributed by atoms with Crippen LogP contribution >= 0.6 is 0 Å². The van der Waals surface area contributed by atoms with Crippen molar-refractivity contribution in [3.63, 3.8) is 0 Å². The van der Waals surface area contributed by atoms with Gasteiger partial charge in [-0.15, -0.1) is 0 Å². The number of hydrogen-bond acceptors (Lipinski definition) is 2. The molecule has 1 aliphatic rings. The number of aliphatic hydroxyl groups is 1. The van der Waals surface area contributed by atoms with Crippen LogP contribution in [0.5, 0.6) is 0 Å². The van der Waals surface area contributed by atoms with Gasteiger partial charge in [0.05, 0.1) is 6.61 Å². The highest BCUT2D eigenvalue weighted by molar-refractivity contribution is 5.34. The Kier molecular flexibility index (Phi) is 2.85. The Hall–Kier alpha value is -0.860. The van der Waals surface area contributed by atoms with Crippen LogP contribution in [0.25, 0.3) is 0 Å². The predicted octanol–water partition coefficient (Wildman–Crippen LogP) is 1.26. The van der Waals surface area contributed by atoms with Crippen molar-refractivity contribution >= 4 is 0 Å². The maximum absolute atomic E-state index is 9.05. The van der Waals surface area contributed by atoms with Gasteiger partial charge in [0, 0.05) is 12.6 Å². The van der Waals surface area contributed by atoms with Crippen molar-refractivity contribution < 1.29 is 5.11 Å². The molecule has 2 nitrogen and oxygen atoms in total. The van der Waals surface area contributed by atoms with Crippen molar-refractivity contribution in [2.24, 2.45) is 0 Å². The van der Waals surface area contributed by atoms with E-state index in [1.807, 2.05) is 0 Å². The Morgan fingerprint density at radius 1 is 1.43 bits per heavy atom. The molecule has 1 heterocycles. The molecule has 76 valence electrons. The van der Waals surface area contributed by atoms with Crippen LogP contribution in [0.2, 0.25) is 0 Å². The van der Waals surface area contributed by atoms with Gasteiger partial charge in [0.1, 0.15) is 0 Å². The Bertz CT molecular complexity index is 322. The molecular weight excluding hydrogens is 174 g/mol. The average Bonchev–Trinajstić information content (AvgIpc) is 2.27. The van der Waals surface area contributed by atoms with Crippen molar-refractivity contribution in [1.82, 2.24) is 5.32 Å². The summed E-state index contributed by atoms with van der Waals surface area (Å²) in [6, 6.07) is 6.92. The third kappa shape index (κ3) is 1.81. The molecule has 0 aliphatic carbocycles. The van der Waals surface area contributed by atoms with Gasteiger partial charge in [-0.05, 0) is 29.5 Å². The molecule has 0 fully saturated rings. The molecule has 0 radical (unpaired) electrons. The lowest BCUT2D eigenvalue weighted by Gasteiger charge is -2.25. The van der Waals surface area contributed by atoms with Gasteiger partial charge in [-0.3, -0.25) is 0 Å². The number of aryl methyl sites for hydroxylation is 1. The Balaban J connectivity index is 2.23. The first-order chi connectivity index (χ1) is 6.83. The lowest BCUT2D eigenvalue weighted by Crippen LogP contribution is -2.38. The predicted molar refractivity (Wildman–Crippen MR) is 57.2 cm³/mol. The van der Waals surface area contributed by atoms with E-state index in [0.29, 0.717) is 0 Å². The zero-order chi connectivity index (χ0) is 9.97. The molecule has 0 saturated heterocycles. The fraction of sp³-hybridized carbons (Fsp3) is 0.500. The Labute approximate surface area is 85.0 Å². The van der Waals surface area contributed by atoms with Crippen molar-refractivity contribution in [2.45, 2.75) is 32.4 Å². The van der Waals surface area contributed by atoms with E-state index in [1.165, 1.54) is 16.7 Å². The smallest absolute Gasteiger partial charge is 0.0587 e. The molecule has 0 amide bonds. The molecule has 1 atom stereocenters. The van der Waals surface area contributed by atoms with Crippen LogP contribution in [0, 0.1) is 0 Å². The monoisotopic (exact) mass is 191 g/mol. The minimum atomic E-state index is 0.231. The topological polar surface area (TPSA) is 32.3 Å². The fourth-order valence-corrected chi connectivity index (χ4v) is 1.98. The lowest BCUT2D eigenvalue weighted by atomic mass is 9.94. The molecule has 2 rings (SSSR count). The van der Waals surface area contributed by atoms with Crippen molar-refractivity contribution in [1.29, 1.82) is 0 Å². The Morgan fingerprint density at radius 2 is 2.29 bits per heavy atom. The second kappa shape index (κ2) is 4.11. The molecule has 1 unspecified atom stereocenters. The number of aliphatic hydroxyl groups excluding tert-OH is 1. The van der Waals surface area contributed by atoms with Gasteiger partial charge in [0.25, 0.3) is 0 Å². The minimum absolute atomic E-state index is 0.231. The van der Waals surface area contributed by atoms with Crippen LogP contribution in [-0.4, -0.2) is 17.8 Å². The summed E-state index contributed by atoms with van der Waals surface area (Å²) >= 11 is 0. The summed E-state index contributed by atoms with van der Waals surface area (Å²) in [5.74, 6) is 0. The van der Waals surface area contributed by atoms with E-state index in [9.17, 15) is 0 Å². The third-order valence-corrected chi connectivity index (χ3v) is 2.95. The molecule has 1 aromatic carbocycles. The van der Waals surface area contributed by atoms with Gasteiger partial charge < -0.3 is 10.4 Å². The molecule has 14 heavy (non-hydrogen) atoms. The molecule has 1 aliphatic heterocycles. The quantitative estimate of drug-likeness (QED) is 0.737. The van der Waals surface area contributed by atoms with Gasteiger partial charge in [-0.25, -0.2) is 0 Å². The highest BCUT2D eigenvalue weighted by Gasteiger charge is 2.16. The number of hydrogen-bond donors (Lipinski definition) is 2. The number of nitrogens with one attached hydrogen (secondary N) is 1. The van der Waals surface area contributed by atoms with Gasteiger partial charge in [0.2, 0.25) is 0 Å². The van der Waals surface area contributed by atoms with Crippen molar-refractivity contribution in [3.8, 4) is 0 Å². The SMILES string of the molecule is CCc1ccc2c(c1)CNC(CO)C2. The van der Waals surface area contributed by atoms with Crippen LogP contribution in [-0.2, 0) is 19.4 Å². The standard InChI is InChI=1S/C12H17NO/c1-2-9-3-4-10-6-12(8-14)13-7-11(10)5-9/h3-5,12-14H,2,6-8H2,1H3. The molecule has 0 saturated carbocycles.